The number of rotatable bonds is 8. The van der Waals surface area contributed by atoms with E-state index in [9.17, 15) is 17.6 Å². The maximum atomic E-state index is 14.8. The van der Waals surface area contributed by atoms with Crippen LogP contribution in [0.15, 0.2) is 36.4 Å². The molecule has 0 spiro atoms. The van der Waals surface area contributed by atoms with E-state index in [0.29, 0.717) is 22.0 Å². The number of fused-ring (bicyclic) bond motifs is 1. The van der Waals surface area contributed by atoms with Crippen LogP contribution < -0.4 is 0 Å². The highest BCUT2D eigenvalue weighted by atomic mass is 32.2. The van der Waals surface area contributed by atoms with E-state index in [4.69, 9.17) is 15.9 Å². The van der Waals surface area contributed by atoms with Crippen molar-refractivity contribution in [3.8, 4) is 23.5 Å². The second-order valence-electron chi connectivity index (χ2n) is 7.40. The number of para-hydroxylation sites is 1. The van der Waals surface area contributed by atoms with Gasteiger partial charge in [-0.1, -0.05) is 36.3 Å². The molecule has 3 rings (SSSR count). The Kier molecular flexibility index (Phi) is 7.02. The number of aromatic amines is 1. The van der Waals surface area contributed by atoms with Crippen molar-refractivity contribution in [1.29, 1.82) is 0 Å². The highest BCUT2D eigenvalue weighted by Gasteiger charge is 2.24. The van der Waals surface area contributed by atoms with Gasteiger partial charge in [0.15, 0.2) is 9.84 Å². The lowest BCUT2D eigenvalue weighted by atomic mass is 9.98. The van der Waals surface area contributed by atoms with Crippen LogP contribution in [0.5, 0.6) is 0 Å². The third-order valence-corrected chi connectivity index (χ3v) is 5.80. The van der Waals surface area contributed by atoms with Gasteiger partial charge in [0.1, 0.15) is 18.1 Å². The van der Waals surface area contributed by atoms with Crippen LogP contribution in [-0.4, -0.2) is 38.8 Å². The standard InChI is InChI=1S/C24H24FNO5S/c1-5-12-31-15(3)18-8-7-9-19-21(23(26-22(18)19)24(27)30-6-2)16-10-11-17(20(25)13-16)14-32(4,28)29/h1,7-11,13,15,26H,6,12,14H2,2-4H3. The van der Waals surface area contributed by atoms with Crippen molar-refractivity contribution in [1.82, 2.24) is 4.98 Å². The SMILES string of the molecule is C#CCOC(C)c1cccc2c(-c3ccc(CS(C)(=O)=O)c(F)c3)c(C(=O)OCC)[nH]c12. The Bertz CT molecular complexity index is 1300. The van der Waals surface area contributed by atoms with Gasteiger partial charge in [0.05, 0.1) is 24.0 Å². The molecule has 1 heterocycles. The summed E-state index contributed by atoms with van der Waals surface area (Å²) in [5, 5.41) is 0.678. The Morgan fingerprint density at radius 2 is 2.03 bits per heavy atom. The number of terminal acetylenes is 1. The molecule has 1 atom stereocenters. The van der Waals surface area contributed by atoms with Crippen molar-refractivity contribution < 1.29 is 27.1 Å². The van der Waals surface area contributed by atoms with E-state index < -0.39 is 27.4 Å². The molecule has 0 bridgehead atoms. The molecule has 0 aliphatic carbocycles. The van der Waals surface area contributed by atoms with Crippen LogP contribution in [0.4, 0.5) is 4.39 Å². The molecule has 1 aromatic heterocycles. The number of benzene rings is 2. The number of H-pyrrole nitrogens is 1. The average Bonchev–Trinajstić information content (AvgIpc) is 3.12. The van der Waals surface area contributed by atoms with Gasteiger partial charge in [-0.2, -0.15) is 0 Å². The van der Waals surface area contributed by atoms with Crippen LogP contribution in [0.25, 0.3) is 22.0 Å². The Balaban J connectivity index is 2.21. The molecule has 0 aliphatic heterocycles. The van der Waals surface area contributed by atoms with Crippen LogP contribution >= 0.6 is 0 Å². The van der Waals surface area contributed by atoms with Gasteiger partial charge in [-0.05, 0) is 25.5 Å². The number of sulfone groups is 1. The molecule has 6 nitrogen and oxygen atoms in total. The number of carbonyl (C=O) groups excluding carboxylic acids is 1. The van der Waals surface area contributed by atoms with Crippen molar-refractivity contribution in [2.75, 3.05) is 19.5 Å². The number of aromatic nitrogens is 1. The second-order valence-corrected chi connectivity index (χ2v) is 9.54. The third kappa shape index (κ3) is 5.01. The molecule has 1 N–H and O–H groups in total. The largest absolute Gasteiger partial charge is 0.461 e. The molecule has 0 saturated heterocycles. The second kappa shape index (κ2) is 9.55. The third-order valence-electron chi connectivity index (χ3n) is 4.96. The Morgan fingerprint density at radius 1 is 1.28 bits per heavy atom. The predicted octanol–water partition coefficient (Wildman–Crippen LogP) is 4.41. The van der Waals surface area contributed by atoms with Crippen molar-refractivity contribution in [3.05, 3.63) is 59.0 Å². The fraction of sp³-hybridized carbons (Fsp3) is 0.292. The maximum absolute atomic E-state index is 14.8. The van der Waals surface area contributed by atoms with Crippen LogP contribution in [0.1, 0.15) is 41.6 Å². The quantitative estimate of drug-likeness (QED) is 0.400. The molecule has 0 radical (unpaired) electrons. The number of ether oxygens (including phenoxy) is 2. The van der Waals surface area contributed by atoms with Gasteiger partial charge in [-0.25, -0.2) is 17.6 Å². The van der Waals surface area contributed by atoms with Crippen LogP contribution in [0.3, 0.4) is 0 Å². The van der Waals surface area contributed by atoms with Gasteiger partial charge < -0.3 is 14.5 Å². The first-order valence-corrected chi connectivity index (χ1v) is 12.1. The highest BCUT2D eigenvalue weighted by Crippen LogP contribution is 2.37. The molecule has 32 heavy (non-hydrogen) atoms. The Labute approximate surface area is 186 Å². The maximum Gasteiger partial charge on any atom is 0.355 e. The zero-order chi connectivity index (χ0) is 23.5. The van der Waals surface area contributed by atoms with Crippen LogP contribution in [0, 0.1) is 18.2 Å². The minimum absolute atomic E-state index is 0.0609. The van der Waals surface area contributed by atoms with E-state index in [2.05, 4.69) is 10.9 Å². The Morgan fingerprint density at radius 3 is 2.66 bits per heavy atom. The predicted molar refractivity (Wildman–Crippen MR) is 121 cm³/mol. The monoisotopic (exact) mass is 457 g/mol. The summed E-state index contributed by atoms with van der Waals surface area (Å²) in [7, 11) is -3.40. The van der Waals surface area contributed by atoms with Crippen molar-refractivity contribution in [2.45, 2.75) is 25.7 Å². The van der Waals surface area contributed by atoms with Gasteiger partial charge in [-0.15, -0.1) is 6.42 Å². The van der Waals surface area contributed by atoms with E-state index in [1.165, 1.54) is 12.1 Å². The first-order chi connectivity index (χ1) is 15.2. The molecule has 0 fully saturated rings. The number of hydrogen-bond donors (Lipinski definition) is 1. The molecule has 8 heteroatoms. The number of hydrogen-bond acceptors (Lipinski definition) is 5. The van der Waals surface area contributed by atoms with E-state index in [-0.39, 0.29) is 30.6 Å². The Hall–Kier alpha value is -3.15. The topological polar surface area (TPSA) is 85.5 Å². The first-order valence-electron chi connectivity index (χ1n) is 9.99. The summed E-state index contributed by atoms with van der Waals surface area (Å²) in [6.45, 7) is 3.84. The van der Waals surface area contributed by atoms with Gasteiger partial charge in [0.2, 0.25) is 0 Å². The normalized spacial score (nSPS) is 12.5. The lowest BCUT2D eigenvalue weighted by molar-refractivity contribution is 0.0521. The summed E-state index contributed by atoms with van der Waals surface area (Å²) in [6.07, 6.45) is 5.98. The lowest BCUT2D eigenvalue weighted by Gasteiger charge is -2.12. The van der Waals surface area contributed by atoms with Crippen molar-refractivity contribution in [2.24, 2.45) is 0 Å². The minimum Gasteiger partial charge on any atom is -0.461 e. The lowest BCUT2D eigenvalue weighted by Crippen LogP contribution is -2.07. The molecule has 0 aliphatic rings. The molecule has 3 aromatic rings. The van der Waals surface area contributed by atoms with E-state index in [1.54, 1.807) is 13.0 Å². The zero-order valence-electron chi connectivity index (χ0n) is 18.1. The average molecular weight is 458 g/mol. The first kappa shape index (κ1) is 23.5. The fourth-order valence-corrected chi connectivity index (χ4v) is 4.40. The van der Waals surface area contributed by atoms with E-state index >= 15 is 0 Å². The smallest absolute Gasteiger partial charge is 0.355 e. The zero-order valence-corrected chi connectivity index (χ0v) is 18.9. The molecule has 0 amide bonds. The number of esters is 1. The summed E-state index contributed by atoms with van der Waals surface area (Å²) in [5.41, 5.74) is 2.55. The van der Waals surface area contributed by atoms with Gasteiger partial charge >= 0.3 is 5.97 Å². The molecule has 1 unspecified atom stereocenters. The number of halogens is 1. The highest BCUT2D eigenvalue weighted by molar-refractivity contribution is 7.89. The van der Waals surface area contributed by atoms with Crippen molar-refractivity contribution >= 4 is 26.7 Å². The van der Waals surface area contributed by atoms with Gasteiger partial charge in [0.25, 0.3) is 0 Å². The van der Waals surface area contributed by atoms with Crippen molar-refractivity contribution in [3.63, 3.8) is 0 Å². The molecular weight excluding hydrogens is 433 g/mol. The number of carbonyl (C=O) groups is 1. The summed E-state index contributed by atoms with van der Waals surface area (Å²) >= 11 is 0. The summed E-state index contributed by atoms with van der Waals surface area (Å²) < 4.78 is 48.8. The van der Waals surface area contributed by atoms with Crippen LogP contribution in [-0.2, 0) is 25.1 Å². The van der Waals surface area contributed by atoms with E-state index in [1.807, 2.05) is 25.1 Å². The summed E-state index contributed by atoms with van der Waals surface area (Å²) in [5.74, 6) is 0.771. The minimum atomic E-state index is -3.40. The molecular formula is C24H24FNO5S. The summed E-state index contributed by atoms with van der Waals surface area (Å²) in [6, 6.07) is 9.73. The molecule has 168 valence electrons. The van der Waals surface area contributed by atoms with Gasteiger partial charge in [-0.3, -0.25) is 0 Å². The molecule has 0 saturated carbocycles. The number of nitrogens with one attached hydrogen (secondary N) is 1. The van der Waals surface area contributed by atoms with Gasteiger partial charge in [0, 0.05) is 28.3 Å². The summed E-state index contributed by atoms with van der Waals surface area (Å²) in [4.78, 5) is 15.8. The molecule has 2 aromatic carbocycles. The van der Waals surface area contributed by atoms with E-state index in [0.717, 1.165) is 11.8 Å². The van der Waals surface area contributed by atoms with Crippen LogP contribution in [0.2, 0.25) is 0 Å². The fourth-order valence-electron chi connectivity index (χ4n) is 3.60.